The average Bonchev–Trinajstić information content (AvgIpc) is 2.33. The Kier molecular flexibility index (Phi) is 5.33. The van der Waals surface area contributed by atoms with Crippen LogP contribution in [0.25, 0.3) is 0 Å². The molecule has 0 spiro atoms. The van der Waals surface area contributed by atoms with Gasteiger partial charge in [0.15, 0.2) is 5.78 Å². The minimum atomic E-state index is -4.51. The quantitative estimate of drug-likeness (QED) is 0.651. The van der Waals surface area contributed by atoms with Crippen LogP contribution in [0.15, 0.2) is 22.7 Å². The van der Waals surface area contributed by atoms with Gasteiger partial charge in [0.1, 0.15) is 5.92 Å². The SMILES string of the molecule is CCCC(C(N)=O)C(=O)c1ccc(C(F)(F)F)c(Br)c1. The molecule has 0 saturated carbocycles. The fraction of sp³-hybridized carbons (Fsp3) is 0.385. The number of hydrogen-bond acceptors (Lipinski definition) is 2. The fourth-order valence-electron chi connectivity index (χ4n) is 1.79. The predicted molar refractivity (Wildman–Crippen MR) is 71.1 cm³/mol. The highest BCUT2D eigenvalue weighted by atomic mass is 79.9. The van der Waals surface area contributed by atoms with Crippen molar-refractivity contribution in [3.05, 3.63) is 33.8 Å². The zero-order valence-electron chi connectivity index (χ0n) is 10.6. The molecule has 0 aromatic heterocycles. The third kappa shape index (κ3) is 3.82. The molecule has 0 heterocycles. The number of hydrogen-bond donors (Lipinski definition) is 1. The van der Waals surface area contributed by atoms with Gasteiger partial charge in [-0.1, -0.05) is 35.3 Å². The second kappa shape index (κ2) is 6.39. The summed E-state index contributed by atoms with van der Waals surface area (Å²) in [6.45, 7) is 1.78. The van der Waals surface area contributed by atoms with Crippen LogP contribution >= 0.6 is 15.9 Å². The molecule has 1 atom stereocenters. The molecule has 0 aliphatic carbocycles. The maximum atomic E-state index is 12.6. The van der Waals surface area contributed by atoms with Crippen LogP contribution in [0.2, 0.25) is 0 Å². The zero-order valence-corrected chi connectivity index (χ0v) is 12.2. The van der Waals surface area contributed by atoms with Gasteiger partial charge in [0.25, 0.3) is 0 Å². The van der Waals surface area contributed by atoms with Crippen molar-refractivity contribution in [2.24, 2.45) is 11.7 Å². The van der Waals surface area contributed by atoms with Gasteiger partial charge in [-0.15, -0.1) is 0 Å². The first-order chi connectivity index (χ1) is 9.18. The third-order valence-corrected chi connectivity index (χ3v) is 3.45. The first-order valence-corrected chi connectivity index (χ1v) is 6.68. The van der Waals surface area contributed by atoms with E-state index < -0.39 is 29.3 Å². The number of Topliss-reactive ketones (excluding diaryl/α,β-unsaturated/α-hetero) is 1. The molecule has 0 radical (unpaired) electrons. The normalized spacial score (nSPS) is 13.1. The Balaban J connectivity index is 3.12. The number of ketones is 1. The van der Waals surface area contributed by atoms with Crippen molar-refractivity contribution in [1.29, 1.82) is 0 Å². The number of amides is 1. The van der Waals surface area contributed by atoms with E-state index in [-0.39, 0.29) is 16.5 Å². The van der Waals surface area contributed by atoms with Crippen molar-refractivity contribution >= 4 is 27.6 Å². The Morgan fingerprint density at radius 3 is 2.35 bits per heavy atom. The highest BCUT2D eigenvalue weighted by Gasteiger charge is 2.33. The lowest BCUT2D eigenvalue weighted by atomic mass is 9.92. The van der Waals surface area contributed by atoms with Gasteiger partial charge in [0.2, 0.25) is 5.91 Å². The monoisotopic (exact) mass is 351 g/mol. The van der Waals surface area contributed by atoms with E-state index in [0.717, 1.165) is 18.2 Å². The van der Waals surface area contributed by atoms with E-state index in [4.69, 9.17) is 5.73 Å². The highest BCUT2D eigenvalue weighted by molar-refractivity contribution is 9.10. The standard InChI is InChI=1S/C13H13BrF3NO2/c1-2-3-8(12(18)20)11(19)7-4-5-9(10(14)6-7)13(15,16)17/h4-6,8H,2-3H2,1H3,(H2,18,20). The van der Waals surface area contributed by atoms with Crippen molar-refractivity contribution in [2.75, 3.05) is 0 Å². The molecule has 1 aromatic rings. The zero-order chi connectivity index (χ0) is 15.5. The van der Waals surface area contributed by atoms with Gasteiger partial charge in [-0.2, -0.15) is 13.2 Å². The Labute approximate surface area is 122 Å². The third-order valence-electron chi connectivity index (χ3n) is 2.80. The van der Waals surface area contributed by atoms with Crippen molar-refractivity contribution < 1.29 is 22.8 Å². The summed E-state index contributed by atoms with van der Waals surface area (Å²) in [6.07, 6.45) is -3.67. The smallest absolute Gasteiger partial charge is 0.369 e. The molecular weight excluding hydrogens is 339 g/mol. The number of nitrogens with two attached hydrogens (primary N) is 1. The fourth-order valence-corrected chi connectivity index (χ4v) is 2.39. The number of benzene rings is 1. The van der Waals surface area contributed by atoms with Crippen molar-refractivity contribution in [3.63, 3.8) is 0 Å². The molecule has 0 aliphatic rings. The number of carbonyl (C=O) groups excluding carboxylic acids is 2. The van der Waals surface area contributed by atoms with Crippen LogP contribution in [0.4, 0.5) is 13.2 Å². The molecule has 3 nitrogen and oxygen atoms in total. The summed E-state index contributed by atoms with van der Waals surface area (Å²) in [5.74, 6) is -2.34. The maximum absolute atomic E-state index is 12.6. The van der Waals surface area contributed by atoms with Crippen LogP contribution in [0, 0.1) is 5.92 Å². The summed E-state index contributed by atoms with van der Waals surface area (Å²) in [7, 11) is 0. The number of primary amides is 1. The topological polar surface area (TPSA) is 60.2 Å². The lowest BCUT2D eigenvalue weighted by molar-refractivity contribution is -0.138. The van der Waals surface area contributed by atoms with Gasteiger partial charge >= 0.3 is 6.18 Å². The lowest BCUT2D eigenvalue weighted by Gasteiger charge is -2.13. The highest BCUT2D eigenvalue weighted by Crippen LogP contribution is 2.35. The number of rotatable bonds is 5. The van der Waals surface area contributed by atoms with Gasteiger partial charge in [0.05, 0.1) is 5.56 Å². The second-order valence-corrected chi connectivity index (χ2v) is 5.15. The molecule has 1 rings (SSSR count). The van der Waals surface area contributed by atoms with Crippen molar-refractivity contribution in [3.8, 4) is 0 Å². The summed E-state index contributed by atoms with van der Waals surface area (Å²) in [4.78, 5) is 23.3. The maximum Gasteiger partial charge on any atom is 0.417 e. The minimum Gasteiger partial charge on any atom is -0.369 e. The molecule has 0 fully saturated rings. The molecule has 1 aromatic carbocycles. The second-order valence-electron chi connectivity index (χ2n) is 4.30. The summed E-state index contributed by atoms with van der Waals surface area (Å²) in [5, 5.41) is 0. The van der Waals surface area contributed by atoms with E-state index in [1.807, 2.05) is 0 Å². The number of alkyl halides is 3. The Bertz CT molecular complexity index is 529. The van der Waals surface area contributed by atoms with Gasteiger partial charge in [0, 0.05) is 10.0 Å². The van der Waals surface area contributed by atoms with Crippen LogP contribution in [-0.4, -0.2) is 11.7 Å². The Morgan fingerprint density at radius 2 is 1.95 bits per heavy atom. The summed E-state index contributed by atoms with van der Waals surface area (Å²) < 4.78 is 37.6. The molecule has 2 N–H and O–H groups in total. The first kappa shape index (κ1) is 16.7. The molecule has 0 bridgehead atoms. The number of carbonyl (C=O) groups is 2. The van der Waals surface area contributed by atoms with Gasteiger partial charge < -0.3 is 5.73 Å². The van der Waals surface area contributed by atoms with Gasteiger partial charge in [-0.25, -0.2) is 0 Å². The molecule has 7 heteroatoms. The summed E-state index contributed by atoms with van der Waals surface area (Å²) >= 11 is 2.79. The van der Waals surface area contributed by atoms with Gasteiger partial charge in [-0.3, -0.25) is 9.59 Å². The van der Waals surface area contributed by atoms with E-state index in [9.17, 15) is 22.8 Å². The predicted octanol–water partition coefficient (Wildman–Crippen LogP) is 3.55. The van der Waals surface area contributed by atoms with Crippen LogP contribution in [-0.2, 0) is 11.0 Å². The molecule has 110 valence electrons. The molecule has 1 amide bonds. The molecular formula is C13H13BrF3NO2. The van der Waals surface area contributed by atoms with Crippen LogP contribution in [0.5, 0.6) is 0 Å². The summed E-state index contributed by atoms with van der Waals surface area (Å²) in [5.41, 5.74) is 4.30. The van der Waals surface area contributed by atoms with Crippen molar-refractivity contribution in [1.82, 2.24) is 0 Å². The first-order valence-electron chi connectivity index (χ1n) is 5.88. The molecule has 1 unspecified atom stereocenters. The Morgan fingerprint density at radius 1 is 1.35 bits per heavy atom. The van der Waals surface area contributed by atoms with Crippen LogP contribution in [0.1, 0.15) is 35.7 Å². The van der Waals surface area contributed by atoms with E-state index in [2.05, 4.69) is 15.9 Å². The molecule has 0 saturated heterocycles. The lowest BCUT2D eigenvalue weighted by Crippen LogP contribution is -2.30. The van der Waals surface area contributed by atoms with Crippen LogP contribution in [0.3, 0.4) is 0 Å². The Hall–Kier alpha value is -1.37. The number of halogens is 4. The average molecular weight is 352 g/mol. The van der Waals surface area contributed by atoms with Crippen LogP contribution < -0.4 is 5.73 Å². The van der Waals surface area contributed by atoms with E-state index in [1.165, 1.54) is 0 Å². The van der Waals surface area contributed by atoms with E-state index in [0.29, 0.717) is 6.42 Å². The van der Waals surface area contributed by atoms with E-state index in [1.54, 1.807) is 6.92 Å². The molecule has 0 aliphatic heterocycles. The van der Waals surface area contributed by atoms with E-state index >= 15 is 0 Å². The minimum absolute atomic E-state index is 0.0297. The summed E-state index contributed by atoms with van der Waals surface area (Å²) in [6, 6.07) is 2.93. The largest absolute Gasteiger partial charge is 0.417 e. The molecule has 20 heavy (non-hydrogen) atoms. The van der Waals surface area contributed by atoms with Gasteiger partial charge in [-0.05, 0) is 18.6 Å². The van der Waals surface area contributed by atoms with Crippen molar-refractivity contribution in [2.45, 2.75) is 25.9 Å².